The molecule has 1 saturated heterocycles. The number of ether oxygens (including phenoxy) is 1. The molecule has 2 rings (SSSR count). The lowest BCUT2D eigenvalue weighted by Crippen LogP contribution is -2.43. The summed E-state index contributed by atoms with van der Waals surface area (Å²) in [4.78, 5) is 24.8. The standard InChI is InChI=1S/C15H20N2O3/c1-2-20-12-8-6-11(7-9-12)13(16)10-17-14(18)4-3-5-15(17)19/h6-9,13H,2-5,10,16H2,1H3. The Labute approximate surface area is 118 Å². The molecule has 1 aromatic rings. The second-order valence-electron chi connectivity index (χ2n) is 4.86. The van der Waals surface area contributed by atoms with E-state index < -0.39 is 0 Å². The summed E-state index contributed by atoms with van der Waals surface area (Å²) in [6.07, 6.45) is 1.51. The second-order valence-corrected chi connectivity index (χ2v) is 4.86. The molecule has 0 saturated carbocycles. The summed E-state index contributed by atoms with van der Waals surface area (Å²) in [5, 5.41) is 0. The van der Waals surface area contributed by atoms with Gasteiger partial charge in [-0.05, 0) is 31.0 Å². The number of carbonyl (C=O) groups is 2. The van der Waals surface area contributed by atoms with Gasteiger partial charge < -0.3 is 10.5 Å². The molecule has 0 radical (unpaired) electrons. The van der Waals surface area contributed by atoms with Gasteiger partial charge in [0.1, 0.15) is 5.75 Å². The monoisotopic (exact) mass is 276 g/mol. The zero-order chi connectivity index (χ0) is 14.5. The second kappa shape index (κ2) is 6.52. The summed E-state index contributed by atoms with van der Waals surface area (Å²) in [5.41, 5.74) is 6.98. The quantitative estimate of drug-likeness (QED) is 0.829. The molecule has 0 bridgehead atoms. The van der Waals surface area contributed by atoms with E-state index in [9.17, 15) is 9.59 Å². The van der Waals surface area contributed by atoms with E-state index >= 15 is 0 Å². The number of imide groups is 1. The highest BCUT2D eigenvalue weighted by atomic mass is 16.5. The van der Waals surface area contributed by atoms with Crippen LogP contribution in [0, 0.1) is 0 Å². The number of nitrogens with two attached hydrogens (primary N) is 1. The molecule has 1 atom stereocenters. The Morgan fingerprint density at radius 1 is 1.20 bits per heavy atom. The van der Waals surface area contributed by atoms with Gasteiger partial charge in [-0.25, -0.2) is 0 Å². The molecule has 0 aromatic heterocycles. The molecule has 20 heavy (non-hydrogen) atoms. The van der Waals surface area contributed by atoms with E-state index in [-0.39, 0.29) is 24.4 Å². The smallest absolute Gasteiger partial charge is 0.229 e. The first-order valence-corrected chi connectivity index (χ1v) is 6.93. The minimum Gasteiger partial charge on any atom is -0.494 e. The van der Waals surface area contributed by atoms with Crippen molar-refractivity contribution < 1.29 is 14.3 Å². The summed E-state index contributed by atoms with van der Waals surface area (Å²) >= 11 is 0. The van der Waals surface area contributed by atoms with Crippen LogP contribution in [-0.4, -0.2) is 29.9 Å². The first kappa shape index (κ1) is 14.5. The van der Waals surface area contributed by atoms with Gasteiger partial charge in [-0.1, -0.05) is 12.1 Å². The lowest BCUT2D eigenvalue weighted by Gasteiger charge is -2.27. The van der Waals surface area contributed by atoms with Crippen molar-refractivity contribution in [3.63, 3.8) is 0 Å². The molecular formula is C15H20N2O3. The number of hydrogen-bond donors (Lipinski definition) is 1. The Morgan fingerprint density at radius 2 is 1.80 bits per heavy atom. The van der Waals surface area contributed by atoms with Crippen molar-refractivity contribution in [1.29, 1.82) is 0 Å². The SMILES string of the molecule is CCOc1ccc(C(N)CN2C(=O)CCCC2=O)cc1. The van der Waals surface area contributed by atoms with Gasteiger partial charge in [0.15, 0.2) is 0 Å². The first-order valence-electron chi connectivity index (χ1n) is 6.93. The van der Waals surface area contributed by atoms with Crippen molar-refractivity contribution >= 4 is 11.8 Å². The summed E-state index contributed by atoms with van der Waals surface area (Å²) in [6.45, 7) is 2.78. The van der Waals surface area contributed by atoms with E-state index in [1.165, 1.54) is 4.90 Å². The van der Waals surface area contributed by atoms with Crippen LogP contribution in [0.15, 0.2) is 24.3 Å². The largest absolute Gasteiger partial charge is 0.494 e. The van der Waals surface area contributed by atoms with E-state index in [1.807, 2.05) is 31.2 Å². The van der Waals surface area contributed by atoms with Crippen molar-refractivity contribution in [2.24, 2.45) is 5.73 Å². The normalized spacial score (nSPS) is 17.2. The number of piperidine rings is 1. The fraction of sp³-hybridized carbons (Fsp3) is 0.467. The summed E-state index contributed by atoms with van der Waals surface area (Å²) in [6, 6.07) is 7.07. The number of rotatable bonds is 5. The van der Waals surface area contributed by atoms with Gasteiger partial charge in [0, 0.05) is 25.4 Å². The first-order chi connectivity index (χ1) is 9.61. The minimum atomic E-state index is -0.364. The average Bonchev–Trinajstić information content (AvgIpc) is 2.44. The van der Waals surface area contributed by atoms with Crippen LogP contribution < -0.4 is 10.5 Å². The molecule has 1 heterocycles. The topological polar surface area (TPSA) is 72.6 Å². The lowest BCUT2D eigenvalue weighted by atomic mass is 10.0. The Kier molecular flexibility index (Phi) is 4.74. The van der Waals surface area contributed by atoms with Gasteiger partial charge in [0.25, 0.3) is 0 Å². The van der Waals surface area contributed by atoms with Crippen molar-refractivity contribution in [2.45, 2.75) is 32.2 Å². The van der Waals surface area contributed by atoms with Crippen LogP contribution in [0.4, 0.5) is 0 Å². The zero-order valence-corrected chi connectivity index (χ0v) is 11.7. The number of hydrogen-bond acceptors (Lipinski definition) is 4. The summed E-state index contributed by atoms with van der Waals surface area (Å²) < 4.78 is 5.37. The van der Waals surface area contributed by atoms with Crippen molar-refractivity contribution in [2.75, 3.05) is 13.2 Å². The van der Waals surface area contributed by atoms with Gasteiger partial charge in [0.05, 0.1) is 6.61 Å². The number of likely N-dealkylation sites (tertiary alicyclic amines) is 1. The predicted molar refractivity (Wildman–Crippen MR) is 75.1 cm³/mol. The van der Waals surface area contributed by atoms with Gasteiger partial charge in [-0.15, -0.1) is 0 Å². The zero-order valence-electron chi connectivity index (χ0n) is 11.7. The summed E-state index contributed by atoms with van der Waals surface area (Å²) in [5.74, 6) is 0.541. The molecule has 108 valence electrons. The Balaban J connectivity index is 2.01. The van der Waals surface area contributed by atoms with Crippen molar-refractivity contribution in [1.82, 2.24) is 4.90 Å². The number of benzene rings is 1. The fourth-order valence-electron chi connectivity index (χ4n) is 2.28. The van der Waals surface area contributed by atoms with Crippen LogP contribution in [0.5, 0.6) is 5.75 Å². The molecular weight excluding hydrogens is 256 g/mol. The number of amides is 2. The third kappa shape index (κ3) is 3.36. The molecule has 1 unspecified atom stereocenters. The maximum Gasteiger partial charge on any atom is 0.229 e. The average molecular weight is 276 g/mol. The van der Waals surface area contributed by atoms with Gasteiger partial charge in [-0.2, -0.15) is 0 Å². The Bertz CT molecular complexity index is 468. The number of nitrogens with zero attached hydrogens (tertiary/aromatic N) is 1. The van der Waals surface area contributed by atoms with Crippen LogP contribution in [0.1, 0.15) is 37.8 Å². The maximum absolute atomic E-state index is 11.7. The molecule has 2 amide bonds. The van der Waals surface area contributed by atoms with E-state index in [0.717, 1.165) is 11.3 Å². The molecule has 1 fully saturated rings. The lowest BCUT2D eigenvalue weighted by molar-refractivity contribution is -0.148. The molecule has 1 aliphatic heterocycles. The molecule has 5 heteroatoms. The molecule has 5 nitrogen and oxygen atoms in total. The summed E-state index contributed by atoms with van der Waals surface area (Å²) in [7, 11) is 0. The highest BCUT2D eigenvalue weighted by Gasteiger charge is 2.27. The third-order valence-corrected chi connectivity index (χ3v) is 3.38. The molecule has 1 aromatic carbocycles. The van der Waals surface area contributed by atoms with Crippen molar-refractivity contribution in [3.8, 4) is 5.75 Å². The van der Waals surface area contributed by atoms with Gasteiger partial charge in [0.2, 0.25) is 11.8 Å². The predicted octanol–water partition coefficient (Wildman–Crippen LogP) is 1.62. The molecule has 1 aliphatic rings. The van der Waals surface area contributed by atoms with E-state index in [4.69, 9.17) is 10.5 Å². The van der Waals surface area contributed by atoms with Crippen molar-refractivity contribution in [3.05, 3.63) is 29.8 Å². The van der Waals surface area contributed by atoms with Gasteiger partial charge >= 0.3 is 0 Å². The fourth-order valence-corrected chi connectivity index (χ4v) is 2.28. The highest BCUT2D eigenvalue weighted by Crippen LogP contribution is 2.20. The Hall–Kier alpha value is -1.88. The molecule has 2 N–H and O–H groups in total. The molecule has 0 aliphatic carbocycles. The molecule has 0 spiro atoms. The van der Waals surface area contributed by atoms with E-state index in [1.54, 1.807) is 0 Å². The van der Waals surface area contributed by atoms with Crippen LogP contribution in [0.3, 0.4) is 0 Å². The van der Waals surface area contributed by atoms with E-state index in [0.29, 0.717) is 25.9 Å². The van der Waals surface area contributed by atoms with Crippen LogP contribution in [-0.2, 0) is 9.59 Å². The van der Waals surface area contributed by atoms with Crippen LogP contribution in [0.25, 0.3) is 0 Å². The Morgan fingerprint density at radius 3 is 2.35 bits per heavy atom. The number of carbonyl (C=O) groups excluding carboxylic acids is 2. The van der Waals surface area contributed by atoms with Crippen LogP contribution in [0.2, 0.25) is 0 Å². The van der Waals surface area contributed by atoms with Gasteiger partial charge in [-0.3, -0.25) is 14.5 Å². The van der Waals surface area contributed by atoms with E-state index in [2.05, 4.69) is 0 Å². The van der Waals surface area contributed by atoms with Crippen LogP contribution >= 0.6 is 0 Å². The maximum atomic E-state index is 11.7. The highest BCUT2D eigenvalue weighted by molar-refractivity contribution is 5.97. The minimum absolute atomic E-state index is 0.123. The third-order valence-electron chi connectivity index (χ3n) is 3.38.